The van der Waals surface area contributed by atoms with Crippen molar-refractivity contribution in [2.45, 2.75) is 39.8 Å². The molecule has 3 rings (SSSR count). The van der Waals surface area contributed by atoms with Crippen LogP contribution < -0.4 is 10.2 Å². The van der Waals surface area contributed by atoms with Crippen LogP contribution in [0.2, 0.25) is 0 Å². The molecule has 0 fully saturated rings. The van der Waals surface area contributed by atoms with Gasteiger partial charge in [0.1, 0.15) is 13.1 Å². The summed E-state index contributed by atoms with van der Waals surface area (Å²) in [5.74, 6) is 0.946. The normalized spacial score (nSPS) is 12.1. The lowest BCUT2D eigenvalue weighted by Gasteiger charge is -2.19. The maximum atomic E-state index is 12.9. The molecule has 2 heterocycles. The molecule has 3 aromatic rings. The Morgan fingerprint density at radius 3 is 2.41 bits per heavy atom. The van der Waals surface area contributed by atoms with Crippen molar-refractivity contribution in [2.75, 3.05) is 11.9 Å². The number of thiophene rings is 1. The van der Waals surface area contributed by atoms with Crippen molar-refractivity contribution in [2.24, 2.45) is 0 Å². The minimum absolute atomic E-state index is 0.0451. The van der Waals surface area contributed by atoms with E-state index in [1.54, 1.807) is 17.6 Å². The highest BCUT2D eigenvalue weighted by Gasteiger charge is 2.19. The van der Waals surface area contributed by atoms with E-state index in [2.05, 4.69) is 54.9 Å². The molecule has 2 N–H and O–H groups in total. The Kier molecular flexibility index (Phi) is 6.85. The Morgan fingerprint density at radius 1 is 1.04 bits per heavy atom. The summed E-state index contributed by atoms with van der Waals surface area (Å²) in [4.78, 5) is 15.3. The predicted molar refractivity (Wildman–Crippen MR) is 110 cm³/mol. The fourth-order valence-corrected chi connectivity index (χ4v) is 4.10. The molecule has 1 atom stereocenters. The monoisotopic (exact) mass is 383 g/mol. The molecule has 4 nitrogen and oxygen atoms in total. The van der Waals surface area contributed by atoms with Gasteiger partial charge in [-0.25, -0.2) is 0 Å². The Balaban J connectivity index is 1.72. The molecule has 0 saturated heterocycles. The van der Waals surface area contributed by atoms with E-state index in [4.69, 9.17) is 4.42 Å². The summed E-state index contributed by atoms with van der Waals surface area (Å²) >= 11 is 1.72. The molecule has 0 aliphatic carbocycles. The number of hydrogen-bond donors (Lipinski definition) is 2. The van der Waals surface area contributed by atoms with E-state index in [0.717, 1.165) is 35.7 Å². The van der Waals surface area contributed by atoms with Gasteiger partial charge in [-0.15, -0.1) is 11.3 Å². The Hall–Kier alpha value is -2.37. The van der Waals surface area contributed by atoms with Gasteiger partial charge < -0.3 is 14.6 Å². The van der Waals surface area contributed by atoms with Crippen molar-refractivity contribution in [3.63, 3.8) is 0 Å². The van der Waals surface area contributed by atoms with Crippen LogP contribution in [0.1, 0.15) is 35.6 Å². The van der Waals surface area contributed by atoms with Crippen LogP contribution in [0.3, 0.4) is 0 Å². The summed E-state index contributed by atoms with van der Waals surface area (Å²) in [5.41, 5.74) is 3.36. The maximum Gasteiger partial charge on any atom is 0.279 e. The first kappa shape index (κ1) is 19.4. The number of carbonyl (C=O) groups excluding carboxylic acids is 1. The minimum atomic E-state index is 0.0451. The first-order valence-electron chi connectivity index (χ1n) is 9.48. The number of quaternary nitrogens is 1. The second kappa shape index (κ2) is 9.53. The fraction of sp³-hybridized carbons (Fsp3) is 0.318. The molecule has 5 heteroatoms. The number of benzene rings is 1. The number of rotatable bonds is 9. The zero-order chi connectivity index (χ0) is 19.1. The van der Waals surface area contributed by atoms with Gasteiger partial charge in [0.2, 0.25) is 0 Å². The summed E-state index contributed by atoms with van der Waals surface area (Å²) in [6, 6.07) is 14.3. The molecular weight excluding hydrogens is 356 g/mol. The summed E-state index contributed by atoms with van der Waals surface area (Å²) in [7, 11) is 0. The number of nitrogens with one attached hydrogen (secondary N) is 2. The molecule has 27 heavy (non-hydrogen) atoms. The third-order valence-electron chi connectivity index (χ3n) is 4.68. The van der Waals surface area contributed by atoms with E-state index < -0.39 is 0 Å². The molecule has 0 aliphatic rings. The van der Waals surface area contributed by atoms with Crippen molar-refractivity contribution in [1.82, 2.24) is 0 Å². The van der Waals surface area contributed by atoms with Crippen molar-refractivity contribution in [1.29, 1.82) is 0 Å². The second-order valence-corrected chi connectivity index (χ2v) is 7.68. The van der Waals surface area contributed by atoms with Crippen molar-refractivity contribution >= 4 is 22.9 Å². The van der Waals surface area contributed by atoms with Crippen LogP contribution in [0.25, 0.3) is 0 Å². The lowest BCUT2D eigenvalue weighted by Crippen LogP contribution is -3.10. The molecular formula is C22H27N2O2S+. The summed E-state index contributed by atoms with van der Waals surface area (Å²) in [6.07, 6.45) is 3.49. The third kappa shape index (κ3) is 5.31. The SMILES string of the molecule is CCc1cccc(CC)c1NC(=O)C[NH+](Cc1ccco1)Cc1cccs1. The van der Waals surface area contributed by atoms with Gasteiger partial charge in [0.25, 0.3) is 5.91 Å². The van der Waals surface area contributed by atoms with Gasteiger partial charge in [-0.2, -0.15) is 0 Å². The molecule has 1 amide bonds. The Labute approximate surface area is 164 Å². The molecule has 1 unspecified atom stereocenters. The van der Waals surface area contributed by atoms with Crippen molar-refractivity contribution in [3.8, 4) is 0 Å². The third-order valence-corrected chi connectivity index (χ3v) is 5.56. The van der Waals surface area contributed by atoms with Crippen LogP contribution in [-0.2, 0) is 30.7 Å². The smallest absolute Gasteiger partial charge is 0.279 e. The molecule has 0 spiro atoms. The molecule has 1 aromatic carbocycles. The highest BCUT2D eigenvalue weighted by molar-refractivity contribution is 7.09. The predicted octanol–water partition coefficient (Wildman–Crippen LogP) is 3.69. The number of amides is 1. The highest BCUT2D eigenvalue weighted by Crippen LogP contribution is 2.22. The van der Waals surface area contributed by atoms with Crippen LogP contribution in [-0.4, -0.2) is 12.5 Å². The van der Waals surface area contributed by atoms with Gasteiger partial charge in [0.05, 0.1) is 11.1 Å². The minimum Gasteiger partial charge on any atom is -0.463 e. The first-order valence-corrected chi connectivity index (χ1v) is 10.4. The van der Waals surface area contributed by atoms with Crippen LogP contribution in [0, 0.1) is 0 Å². The van der Waals surface area contributed by atoms with Gasteiger partial charge >= 0.3 is 0 Å². The van der Waals surface area contributed by atoms with Crippen LogP contribution >= 0.6 is 11.3 Å². The van der Waals surface area contributed by atoms with Crippen LogP contribution in [0.5, 0.6) is 0 Å². The zero-order valence-electron chi connectivity index (χ0n) is 16.0. The van der Waals surface area contributed by atoms with Gasteiger partial charge in [-0.05, 0) is 47.5 Å². The number of anilines is 1. The standard InChI is InChI=1S/C22H26N2O2S/c1-3-17-8-5-9-18(4-2)22(17)23-21(25)16-24(14-19-10-6-12-26-19)15-20-11-7-13-27-20/h5-13H,3-4,14-16H2,1-2H3,(H,23,25)/p+1. The summed E-state index contributed by atoms with van der Waals surface area (Å²) in [5, 5.41) is 5.26. The van der Waals surface area contributed by atoms with E-state index in [1.807, 2.05) is 12.1 Å². The Bertz CT molecular complexity index is 783. The molecule has 0 aliphatic heterocycles. The fourth-order valence-electron chi connectivity index (χ4n) is 3.32. The summed E-state index contributed by atoms with van der Waals surface area (Å²) < 4.78 is 5.51. The number of aryl methyl sites for hydroxylation is 2. The second-order valence-electron chi connectivity index (χ2n) is 6.65. The molecule has 0 bridgehead atoms. The van der Waals surface area contributed by atoms with Crippen LogP contribution in [0.15, 0.2) is 58.5 Å². The van der Waals surface area contributed by atoms with Gasteiger partial charge in [0.15, 0.2) is 12.3 Å². The summed E-state index contributed by atoms with van der Waals surface area (Å²) in [6.45, 7) is 6.14. The largest absolute Gasteiger partial charge is 0.463 e. The average molecular weight is 384 g/mol. The molecule has 142 valence electrons. The lowest BCUT2D eigenvalue weighted by atomic mass is 10.0. The first-order chi connectivity index (χ1) is 13.2. The number of carbonyl (C=O) groups is 1. The van der Waals surface area contributed by atoms with Crippen LogP contribution in [0.4, 0.5) is 5.69 Å². The van der Waals surface area contributed by atoms with E-state index in [-0.39, 0.29) is 5.91 Å². The number of para-hydroxylation sites is 1. The van der Waals surface area contributed by atoms with Crippen molar-refractivity contribution in [3.05, 3.63) is 75.9 Å². The van der Waals surface area contributed by atoms with E-state index in [9.17, 15) is 4.79 Å². The van der Waals surface area contributed by atoms with E-state index in [1.165, 1.54) is 16.0 Å². The number of hydrogen-bond acceptors (Lipinski definition) is 3. The Morgan fingerprint density at radius 2 is 1.81 bits per heavy atom. The van der Waals surface area contributed by atoms with Gasteiger partial charge in [0, 0.05) is 5.69 Å². The number of furan rings is 1. The molecule has 0 saturated carbocycles. The average Bonchev–Trinajstić information content (AvgIpc) is 3.36. The topological polar surface area (TPSA) is 46.7 Å². The van der Waals surface area contributed by atoms with Crippen molar-refractivity contribution < 1.29 is 14.1 Å². The van der Waals surface area contributed by atoms with Gasteiger partial charge in [-0.1, -0.05) is 38.1 Å². The zero-order valence-corrected chi connectivity index (χ0v) is 16.8. The van der Waals surface area contributed by atoms with E-state index in [0.29, 0.717) is 13.1 Å². The quantitative estimate of drug-likeness (QED) is 0.592. The highest BCUT2D eigenvalue weighted by atomic mass is 32.1. The van der Waals surface area contributed by atoms with Gasteiger partial charge in [-0.3, -0.25) is 4.79 Å². The molecule has 0 radical (unpaired) electrons. The lowest BCUT2D eigenvalue weighted by molar-refractivity contribution is -0.920. The molecule has 2 aromatic heterocycles. The van der Waals surface area contributed by atoms with E-state index >= 15 is 0 Å². The maximum absolute atomic E-state index is 12.9.